The number of rotatable bonds is 4. The number of nitrogens with one attached hydrogen (secondary N) is 2. The lowest BCUT2D eigenvalue weighted by Gasteiger charge is -2.34. The van der Waals surface area contributed by atoms with Crippen LogP contribution in [0.5, 0.6) is 0 Å². The summed E-state index contributed by atoms with van der Waals surface area (Å²) in [5.41, 5.74) is 1.32. The van der Waals surface area contributed by atoms with Gasteiger partial charge in [-0.25, -0.2) is 0 Å². The molecule has 0 amide bonds. The van der Waals surface area contributed by atoms with E-state index in [0.717, 1.165) is 44.0 Å². The third-order valence-electron chi connectivity index (χ3n) is 4.54. The number of halogens is 1. The molecule has 0 radical (unpaired) electrons. The number of aliphatic hydroxyl groups is 1. The lowest BCUT2D eigenvalue weighted by atomic mass is 10.0. The molecule has 3 N–H and O–H groups in total. The minimum atomic E-state index is -0.239. The van der Waals surface area contributed by atoms with E-state index in [1.807, 2.05) is 12.1 Å². The van der Waals surface area contributed by atoms with Gasteiger partial charge in [-0.3, -0.25) is 4.90 Å². The van der Waals surface area contributed by atoms with Crippen molar-refractivity contribution in [2.75, 3.05) is 26.2 Å². The molecule has 2 heterocycles. The molecule has 2 aliphatic rings. The van der Waals surface area contributed by atoms with E-state index in [-0.39, 0.29) is 12.1 Å². The molecule has 0 aliphatic carbocycles. The zero-order chi connectivity index (χ0) is 14.7. The highest BCUT2D eigenvalue weighted by atomic mass is 35.5. The Morgan fingerprint density at radius 1 is 1.19 bits per heavy atom. The summed E-state index contributed by atoms with van der Waals surface area (Å²) in [4.78, 5) is 2.49. The number of β-amino-alcohol motifs (C(OH)–C–C–N with tert-alkyl or cyclic N) is 1. The molecule has 4 nitrogen and oxygen atoms in total. The molecule has 0 bridgehead atoms. The molecule has 3 rings (SSSR count). The molecule has 2 atom stereocenters. The minimum absolute atomic E-state index is 0.220. The molecule has 0 spiro atoms. The highest BCUT2D eigenvalue weighted by molar-refractivity contribution is 6.30. The third-order valence-corrected chi connectivity index (χ3v) is 4.79. The first kappa shape index (κ1) is 15.3. The van der Waals surface area contributed by atoms with Gasteiger partial charge in [-0.2, -0.15) is 0 Å². The summed E-state index contributed by atoms with van der Waals surface area (Å²) in [5, 5.41) is 17.5. The molecule has 2 fully saturated rings. The number of hydrogen-bond acceptors (Lipinski definition) is 4. The number of likely N-dealkylation sites (tertiary alicyclic amines) is 1. The van der Waals surface area contributed by atoms with Crippen LogP contribution in [0.25, 0.3) is 0 Å². The molecule has 116 valence electrons. The molecule has 2 saturated heterocycles. The molecular weight excluding hydrogens is 286 g/mol. The minimum Gasteiger partial charge on any atom is -0.390 e. The van der Waals surface area contributed by atoms with Gasteiger partial charge in [0.05, 0.1) is 6.10 Å². The first-order valence-corrected chi connectivity index (χ1v) is 8.20. The Bertz CT molecular complexity index is 445. The van der Waals surface area contributed by atoms with Crippen LogP contribution in [-0.4, -0.2) is 54.4 Å². The van der Waals surface area contributed by atoms with Crippen LogP contribution in [0.2, 0.25) is 5.02 Å². The van der Waals surface area contributed by atoms with Crippen LogP contribution in [0.1, 0.15) is 18.4 Å². The molecule has 5 heteroatoms. The second kappa shape index (κ2) is 7.07. The topological polar surface area (TPSA) is 47.5 Å². The molecule has 2 unspecified atom stereocenters. The summed E-state index contributed by atoms with van der Waals surface area (Å²) < 4.78 is 0. The second-order valence-corrected chi connectivity index (χ2v) is 6.61. The fraction of sp³-hybridized carbons (Fsp3) is 0.625. The number of nitrogens with zero attached hydrogens (tertiary/aromatic N) is 1. The Hall–Kier alpha value is -0.650. The van der Waals surface area contributed by atoms with E-state index >= 15 is 0 Å². The SMILES string of the molecule is OC1CNCC1NC1CCN(Cc2ccc(Cl)cc2)CC1. The maximum absolute atomic E-state index is 9.84. The average molecular weight is 310 g/mol. The summed E-state index contributed by atoms with van der Waals surface area (Å²) in [6, 6.07) is 8.88. The predicted molar refractivity (Wildman–Crippen MR) is 85.6 cm³/mol. The van der Waals surface area contributed by atoms with Crippen LogP contribution >= 0.6 is 11.6 Å². The Morgan fingerprint density at radius 2 is 1.90 bits per heavy atom. The first-order chi connectivity index (χ1) is 10.2. The van der Waals surface area contributed by atoms with Crippen LogP contribution in [0.3, 0.4) is 0 Å². The first-order valence-electron chi connectivity index (χ1n) is 7.82. The molecule has 1 aromatic carbocycles. The van der Waals surface area contributed by atoms with Crippen LogP contribution < -0.4 is 10.6 Å². The number of benzene rings is 1. The average Bonchev–Trinajstić information content (AvgIpc) is 2.89. The van der Waals surface area contributed by atoms with Crippen LogP contribution in [-0.2, 0) is 6.54 Å². The van der Waals surface area contributed by atoms with Gasteiger partial charge in [0.1, 0.15) is 0 Å². The van der Waals surface area contributed by atoms with Crippen molar-refractivity contribution in [3.8, 4) is 0 Å². The van der Waals surface area contributed by atoms with Crippen molar-refractivity contribution < 1.29 is 5.11 Å². The highest BCUT2D eigenvalue weighted by Gasteiger charge is 2.28. The Kier molecular flexibility index (Phi) is 5.14. The van der Waals surface area contributed by atoms with Crippen LogP contribution in [0.15, 0.2) is 24.3 Å². The summed E-state index contributed by atoms with van der Waals surface area (Å²) in [6.07, 6.45) is 2.06. The van der Waals surface area contributed by atoms with Crippen molar-refractivity contribution >= 4 is 11.6 Å². The van der Waals surface area contributed by atoms with Gasteiger partial charge >= 0.3 is 0 Å². The zero-order valence-electron chi connectivity index (χ0n) is 12.3. The van der Waals surface area contributed by atoms with Gasteiger partial charge in [-0.1, -0.05) is 23.7 Å². The van der Waals surface area contributed by atoms with Crippen molar-refractivity contribution in [3.05, 3.63) is 34.9 Å². The van der Waals surface area contributed by atoms with E-state index in [0.29, 0.717) is 12.6 Å². The molecule has 1 aromatic rings. The normalized spacial score (nSPS) is 28.1. The van der Waals surface area contributed by atoms with E-state index in [1.54, 1.807) is 0 Å². The van der Waals surface area contributed by atoms with Gasteiger partial charge in [0.2, 0.25) is 0 Å². The Morgan fingerprint density at radius 3 is 2.52 bits per heavy atom. The quantitative estimate of drug-likeness (QED) is 0.783. The van der Waals surface area contributed by atoms with E-state index in [2.05, 4.69) is 27.7 Å². The zero-order valence-corrected chi connectivity index (χ0v) is 13.0. The Labute approximate surface area is 131 Å². The van der Waals surface area contributed by atoms with Crippen LogP contribution in [0.4, 0.5) is 0 Å². The maximum Gasteiger partial charge on any atom is 0.0829 e. The van der Waals surface area contributed by atoms with Gasteiger partial charge in [0, 0.05) is 36.7 Å². The number of aliphatic hydroxyl groups excluding tert-OH is 1. The molecule has 2 aliphatic heterocycles. The fourth-order valence-corrected chi connectivity index (χ4v) is 3.37. The van der Waals surface area contributed by atoms with Crippen molar-refractivity contribution in [3.63, 3.8) is 0 Å². The summed E-state index contributed by atoms with van der Waals surface area (Å²) in [7, 11) is 0. The van der Waals surface area contributed by atoms with Gasteiger partial charge in [0.25, 0.3) is 0 Å². The summed E-state index contributed by atoms with van der Waals surface area (Å²) in [5.74, 6) is 0. The van der Waals surface area contributed by atoms with E-state index in [9.17, 15) is 5.11 Å². The number of hydrogen-bond donors (Lipinski definition) is 3. The standard InChI is InChI=1S/C16H24ClN3O/c17-13-3-1-12(2-4-13)11-20-7-5-14(6-8-20)19-15-9-18-10-16(15)21/h1-4,14-16,18-19,21H,5-11H2. The largest absolute Gasteiger partial charge is 0.390 e. The van der Waals surface area contributed by atoms with E-state index in [1.165, 1.54) is 5.56 Å². The lowest BCUT2D eigenvalue weighted by Crippen LogP contribution is -2.49. The number of piperidine rings is 1. The molecule has 21 heavy (non-hydrogen) atoms. The smallest absolute Gasteiger partial charge is 0.0829 e. The van der Waals surface area contributed by atoms with Crippen molar-refractivity contribution in [1.82, 2.24) is 15.5 Å². The fourth-order valence-electron chi connectivity index (χ4n) is 3.24. The van der Waals surface area contributed by atoms with Gasteiger partial charge in [-0.05, 0) is 43.6 Å². The van der Waals surface area contributed by atoms with Crippen LogP contribution in [0, 0.1) is 0 Å². The molecule has 0 saturated carbocycles. The second-order valence-electron chi connectivity index (χ2n) is 6.18. The predicted octanol–water partition coefficient (Wildman–Crippen LogP) is 1.23. The van der Waals surface area contributed by atoms with Crippen molar-refractivity contribution in [2.24, 2.45) is 0 Å². The molecule has 0 aromatic heterocycles. The van der Waals surface area contributed by atoms with Crippen molar-refractivity contribution in [2.45, 2.75) is 37.6 Å². The van der Waals surface area contributed by atoms with E-state index in [4.69, 9.17) is 11.6 Å². The van der Waals surface area contributed by atoms with Gasteiger partial charge in [-0.15, -0.1) is 0 Å². The third kappa shape index (κ3) is 4.18. The van der Waals surface area contributed by atoms with E-state index < -0.39 is 0 Å². The van der Waals surface area contributed by atoms with Crippen molar-refractivity contribution in [1.29, 1.82) is 0 Å². The highest BCUT2D eigenvalue weighted by Crippen LogP contribution is 2.17. The van der Waals surface area contributed by atoms with Gasteiger partial charge in [0.15, 0.2) is 0 Å². The lowest BCUT2D eigenvalue weighted by molar-refractivity contribution is 0.136. The Balaban J connectivity index is 1.43. The van der Waals surface area contributed by atoms with Gasteiger partial charge < -0.3 is 15.7 Å². The summed E-state index contributed by atoms with van der Waals surface area (Å²) in [6.45, 7) is 4.81. The summed E-state index contributed by atoms with van der Waals surface area (Å²) >= 11 is 5.92. The molecular formula is C16H24ClN3O. The monoisotopic (exact) mass is 309 g/mol. The maximum atomic E-state index is 9.84.